The molecule has 0 aliphatic heterocycles. The van der Waals surface area contributed by atoms with Crippen molar-refractivity contribution in [2.24, 2.45) is 0 Å². The lowest BCUT2D eigenvalue weighted by Crippen LogP contribution is -2.25. The third kappa shape index (κ3) is 11.8. The van der Waals surface area contributed by atoms with Gasteiger partial charge in [0.05, 0.1) is 35.1 Å². The highest BCUT2D eigenvalue weighted by Crippen LogP contribution is 2.37. The van der Waals surface area contributed by atoms with E-state index in [0.29, 0.717) is 34.8 Å². The Kier molecular flexibility index (Phi) is 11.9. The third-order valence-corrected chi connectivity index (χ3v) is 3.83. The quantitative estimate of drug-likeness (QED) is 0.209. The van der Waals surface area contributed by atoms with Crippen LogP contribution in [0, 0.1) is 0 Å². The van der Waals surface area contributed by atoms with Crippen molar-refractivity contribution in [3.63, 3.8) is 0 Å². The van der Waals surface area contributed by atoms with E-state index < -0.39 is 0 Å². The van der Waals surface area contributed by atoms with E-state index in [1.165, 1.54) is 6.08 Å². The summed E-state index contributed by atoms with van der Waals surface area (Å²) in [6.45, 7) is 7.07. The van der Waals surface area contributed by atoms with E-state index in [0.717, 1.165) is 12.8 Å². The summed E-state index contributed by atoms with van der Waals surface area (Å²) in [5.41, 5.74) is 2.44. The lowest BCUT2D eigenvalue weighted by atomic mass is 10.2. The van der Waals surface area contributed by atoms with Gasteiger partial charge in [-0.05, 0) is 39.7 Å². The Balaban J connectivity index is 2.26. The molecule has 0 aliphatic carbocycles. The summed E-state index contributed by atoms with van der Waals surface area (Å²) in [6.07, 6.45) is 6.25. The fourth-order valence-corrected chi connectivity index (χ4v) is 2.48. The zero-order chi connectivity index (χ0) is 21.0. The second-order valence-corrected chi connectivity index (χ2v) is 8.40. The Hall–Kier alpha value is -0.980. The van der Waals surface area contributed by atoms with Gasteiger partial charge in [-0.15, -0.1) is 0 Å². The molecule has 0 bridgehead atoms. The first-order valence-electron chi connectivity index (χ1n) is 8.65. The zero-order valence-corrected chi connectivity index (χ0v) is 19.1. The van der Waals surface area contributed by atoms with Crippen molar-refractivity contribution in [3.8, 4) is 11.5 Å². The SMILES string of the molecule is CC(C)(C)ONC=COCCCCOc1c(Cl)cc(OCC=C(Cl)Cl)cc1Cl. The molecule has 0 unspecified atom stereocenters. The number of hydrogen-bond donors (Lipinski definition) is 1. The number of unbranched alkanes of at least 4 members (excludes halogenated alkanes) is 1. The van der Waals surface area contributed by atoms with Gasteiger partial charge in [0.25, 0.3) is 0 Å². The van der Waals surface area contributed by atoms with Gasteiger partial charge >= 0.3 is 0 Å². The van der Waals surface area contributed by atoms with Crippen molar-refractivity contribution in [3.05, 3.63) is 45.2 Å². The van der Waals surface area contributed by atoms with Crippen LogP contribution in [0.4, 0.5) is 0 Å². The fourth-order valence-electron chi connectivity index (χ4n) is 1.78. The van der Waals surface area contributed by atoms with E-state index in [1.807, 2.05) is 20.8 Å². The van der Waals surface area contributed by atoms with Gasteiger partial charge in [0.15, 0.2) is 5.75 Å². The number of rotatable bonds is 12. The van der Waals surface area contributed by atoms with E-state index in [1.54, 1.807) is 24.6 Å². The van der Waals surface area contributed by atoms with Gasteiger partial charge in [0, 0.05) is 12.1 Å². The number of ether oxygens (including phenoxy) is 3. The molecule has 0 spiro atoms. The maximum absolute atomic E-state index is 6.21. The average Bonchev–Trinajstić information content (AvgIpc) is 2.57. The largest absolute Gasteiger partial charge is 0.500 e. The van der Waals surface area contributed by atoms with Crippen LogP contribution in [-0.4, -0.2) is 25.4 Å². The Morgan fingerprint density at radius 1 is 1.04 bits per heavy atom. The van der Waals surface area contributed by atoms with Gasteiger partial charge in [-0.3, -0.25) is 10.3 Å². The minimum atomic E-state index is -0.260. The topological polar surface area (TPSA) is 49.0 Å². The Bertz CT molecular complexity index is 633. The number of benzene rings is 1. The molecule has 1 N–H and O–H groups in total. The molecule has 0 aliphatic rings. The van der Waals surface area contributed by atoms with Crippen molar-refractivity contribution in [1.29, 1.82) is 0 Å². The molecule has 28 heavy (non-hydrogen) atoms. The van der Waals surface area contributed by atoms with Gasteiger partial charge < -0.3 is 14.2 Å². The Morgan fingerprint density at radius 2 is 1.68 bits per heavy atom. The van der Waals surface area contributed by atoms with Crippen LogP contribution in [0.1, 0.15) is 33.6 Å². The normalized spacial score (nSPS) is 11.4. The fraction of sp³-hybridized carbons (Fsp3) is 0.474. The van der Waals surface area contributed by atoms with Crippen LogP contribution in [0.2, 0.25) is 10.0 Å². The number of nitrogens with one attached hydrogen (secondary N) is 1. The summed E-state index contributed by atoms with van der Waals surface area (Å²) in [6, 6.07) is 3.25. The van der Waals surface area contributed by atoms with Crippen LogP contribution < -0.4 is 15.0 Å². The molecule has 0 heterocycles. The van der Waals surface area contributed by atoms with Crippen molar-refractivity contribution in [2.75, 3.05) is 19.8 Å². The maximum Gasteiger partial charge on any atom is 0.156 e. The van der Waals surface area contributed by atoms with Crippen LogP contribution in [0.5, 0.6) is 11.5 Å². The van der Waals surface area contributed by atoms with Crippen LogP contribution in [0.15, 0.2) is 35.2 Å². The minimum Gasteiger partial charge on any atom is -0.500 e. The second kappa shape index (κ2) is 13.3. The van der Waals surface area contributed by atoms with Crippen LogP contribution >= 0.6 is 46.4 Å². The first-order valence-corrected chi connectivity index (χ1v) is 10.2. The molecule has 5 nitrogen and oxygen atoms in total. The van der Waals surface area contributed by atoms with Crippen molar-refractivity contribution >= 4 is 46.4 Å². The highest BCUT2D eigenvalue weighted by atomic mass is 35.5. The van der Waals surface area contributed by atoms with E-state index in [4.69, 9.17) is 65.5 Å². The van der Waals surface area contributed by atoms with E-state index in [2.05, 4.69) is 5.48 Å². The predicted molar refractivity (Wildman–Crippen MR) is 116 cm³/mol. The molecule has 158 valence electrons. The van der Waals surface area contributed by atoms with Gasteiger partial charge in [-0.2, -0.15) is 0 Å². The van der Waals surface area contributed by atoms with Crippen LogP contribution in [0.3, 0.4) is 0 Å². The van der Waals surface area contributed by atoms with Crippen molar-refractivity contribution < 1.29 is 19.0 Å². The number of hydrogen-bond acceptors (Lipinski definition) is 5. The summed E-state index contributed by atoms with van der Waals surface area (Å²) >= 11 is 23.5. The van der Waals surface area contributed by atoms with E-state index in [9.17, 15) is 0 Å². The van der Waals surface area contributed by atoms with Gasteiger partial charge in [-0.25, -0.2) is 0 Å². The molecule has 0 amide bonds. The van der Waals surface area contributed by atoms with Gasteiger partial charge in [0.2, 0.25) is 0 Å². The summed E-state index contributed by atoms with van der Waals surface area (Å²) in [5.74, 6) is 0.920. The average molecular weight is 473 g/mol. The highest BCUT2D eigenvalue weighted by molar-refractivity contribution is 6.55. The lowest BCUT2D eigenvalue weighted by Gasteiger charge is -2.17. The summed E-state index contributed by atoms with van der Waals surface area (Å²) < 4.78 is 16.6. The molecule has 0 saturated carbocycles. The van der Waals surface area contributed by atoms with Crippen molar-refractivity contribution in [1.82, 2.24) is 5.48 Å². The van der Waals surface area contributed by atoms with Gasteiger partial charge in [0.1, 0.15) is 23.1 Å². The molecular formula is C19H25Cl4NO4. The zero-order valence-electron chi connectivity index (χ0n) is 16.1. The number of hydroxylamine groups is 1. The van der Waals surface area contributed by atoms with Gasteiger partial charge in [-0.1, -0.05) is 46.4 Å². The molecule has 9 heteroatoms. The van der Waals surface area contributed by atoms with E-state index >= 15 is 0 Å². The molecule has 0 fully saturated rings. The predicted octanol–water partition coefficient (Wildman–Crippen LogP) is 6.66. The second-order valence-electron chi connectivity index (χ2n) is 6.58. The molecule has 0 aromatic heterocycles. The summed E-state index contributed by atoms with van der Waals surface area (Å²) in [4.78, 5) is 5.30. The molecule has 1 rings (SSSR count). The smallest absolute Gasteiger partial charge is 0.156 e. The Morgan fingerprint density at radius 3 is 2.29 bits per heavy atom. The standard InChI is InChI=1S/C19H25Cl4NO4/c1-19(2,3)28-24-7-11-25-8-4-5-9-27-18-15(20)12-14(13-16(18)21)26-10-6-17(22)23/h6-7,11-13,24H,4-5,8-10H2,1-3H3. The molecule has 0 radical (unpaired) electrons. The maximum atomic E-state index is 6.21. The Labute approximate surface area is 186 Å². The van der Waals surface area contributed by atoms with E-state index in [-0.39, 0.29) is 16.7 Å². The summed E-state index contributed by atoms with van der Waals surface area (Å²) in [7, 11) is 0. The molecular weight excluding hydrogens is 448 g/mol. The number of halogens is 4. The third-order valence-electron chi connectivity index (χ3n) is 2.96. The van der Waals surface area contributed by atoms with Crippen LogP contribution in [0.25, 0.3) is 0 Å². The molecule has 1 aromatic rings. The lowest BCUT2D eigenvalue weighted by molar-refractivity contribution is -0.0531. The van der Waals surface area contributed by atoms with Crippen molar-refractivity contribution in [2.45, 2.75) is 39.2 Å². The first kappa shape index (κ1) is 25.1. The summed E-state index contributed by atoms with van der Waals surface area (Å²) in [5, 5.41) is 0.736. The monoisotopic (exact) mass is 471 g/mol. The molecule has 1 aromatic carbocycles. The van der Waals surface area contributed by atoms with Crippen LogP contribution in [-0.2, 0) is 9.57 Å². The highest BCUT2D eigenvalue weighted by Gasteiger charge is 2.11. The molecule has 0 atom stereocenters. The minimum absolute atomic E-state index is 0.131. The first-order chi connectivity index (χ1) is 13.2. The molecule has 0 saturated heterocycles.